The van der Waals surface area contributed by atoms with Crippen molar-refractivity contribution in [2.24, 2.45) is 0 Å². The normalized spacial score (nSPS) is 10.6. The minimum atomic E-state index is -0.484. The van der Waals surface area contributed by atoms with Crippen molar-refractivity contribution in [3.8, 4) is 0 Å². The fourth-order valence-corrected chi connectivity index (χ4v) is 2.67. The van der Waals surface area contributed by atoms with Gasteiger partial charge >= 0.3 is 6.09 Å². The number of amides is 1. The number of benzene rings is 2. The third kappa shape index (κ3) is 3.97. The molecule has 0 spiro atoms. The molecule has 116 valence electrons. The van der Waals surface area contributed by atoms with E-state index in [1.807, 2.05) is 66.8 Å². The van der Waals surface area contributed by atoms with Crippen molar-refractivity contribution in [1.82, 2.24) is 0 Å². The molecular weight excluding hydrogens is 396 g/mol. The molecule has 0 saturated carbocycles. The van der Waals surface area contributed by atoms with Crippen molar-refractivity contribution in [3.05, 3.63) is 63.5 Å². The Morgan fingerprint density at radius 1 is 1.18 bits per heavy atom. The number of halogens is 2. The van der Waals surface area contributed by atoms with Crippen LogP contribution in [0, 0.1) is 9.39 Å². The van der Waals surface area contributed by atoms with Crippen molar-refractivity contribution < 1.29 is 13.9 Å². The topological polar surface area (TPSA) is 29.5 Å². The van der Waals surface area contributed by atoms with Crippen LogP contribution >= 0.6 is 22.6 Å². The van der Waals surface area contributed by atoms with Gasteiger partial charge in [0.2, 0.25) is 0 Å². The van der Waals surface area contributed by atoms with Crippen LogP contribution in [0.4, 0.5) is 14.9 Å². The summed E-state index contributed by atoms with van der Waals surface area (Å²) in [5.74, 6) is -0.348. The van der Waals surface area contributed by atoms with E-state index in [2.05, 4.69) is 0 Å². The lowest BCUT2D eigenvalue weighted by Gasteiger charge is -2.27. The van der Waals surface area contributed by atoms with Gasteiger partial charge in [-0.2, -0.15) is 0 Å². The summed E-state index contributed by atoms with van der Waals surface area (Å²) < 4.78 is 19.5. The van der Waals surface area contributed by atoms with E-state index in [0.717, 1.165) is 5.56 Å². The summed E-state index contributed by atoms with van der Waals surface area (Å²) in [6.45, 7) is 3.92. The van der Waals surface area contributed by atoms with Gasteiger partial charge in [0.05, 0.1) is 9.26 Å². The number of nitrogens with zero attached hydrogens (tertiary/aromatic N) is 1. The molecule has 2 rings (SSSR count). The van der Waals surface area contributed by atoms with Gasteiger partial charge in [0, 0.05) is 6.04 Å². The van der Waals surface area contributed by atoms with E-state index in [4.69, 9.17) is 4.74 Å². The van der Waals surface area contributed by atoms with Crippen LogP contribution in [0.15, 0.2) is 48.5 Å². The van der Waals surface area contributed by atoms with Crippen LogP contribution in [-0.4, -0.2) is 12.1 Å². The first-order chi connectivity index (χ1) is 10.5. The van der Waals surface area contributed by atoms with Gasteiger partial charge in [-0.05, 0) is 54.1 Å². The Kier molecular flexibility index (Phi) is 5.76. The maximum atomic E-state index is 13.7. The van der Waals surface area contributed by atoms with Gasteiger partial charge < -0.3 is 4.74 Å². The van der Waals surface area contributed by atoms with Crippen molar-refractivity contribution >= 4 is 34.4 Å². The first-order valence-electron chi connectivity index (χ1n) is 6.94. The van der Waals surface area contributed by atoms with Crippen LogP contribution in [-0.2, 0) is 11.3 Å². The van der Waals surface area contributed by atoms with E-state index in [1.165, 1.54) is 11.0 Å². The molecule has 0 heterocycles. The van der Waals surface area contributed by atoms with Crippen molar-refractivity contribution in [3.63, 3.8) is 0 Å². The van der Waals surface area contributed by atoms with Gasteiger partial charge in [0.25, 0.3) is 0 Å². The molecule has 5 heteroatoms. The minimum Gasteiger partial charge on any atom is -0.444 e. The second-order valence-corrected chi connectivity index (χ2v) is 6.16. The van der Waals surface area contributed by atoms with Crippen molar-refractivity contribution in [1.29, 1.82) is 0 Å². The maximum absolute atomic E-state index is 13.7. The zero-order valence-corrected chi connectivity index (χ0v) is 14.6. The maximum Gasteiger partial charge on any atom is 0.414 e. The molecule has 3 nitrogen and oxygen atoms in total. The molecule has 0 atom stereocenters. The summed E-state index contributed by atoms with van der Waals surface area (Å²) in [7, 11) is 0. The lowest BCUT2D eigenvalue weighted by molar-refractivity contribution is 0.145. The standard InChI is InChI=1S/C17H17FINO2/c1-12(2)20(15-10-6-9-14(18)16(15)19)17(21)22-11-13-7-4-3-5-8-13/h3-10,12H,11H2,1-2H3. The van der Waals surface area contributed by atoms with E-state index in [1.54, 1.807) is 12.1 Å². The molecular formula is C17H17FINO2. The minimum absolute atomic E-state index is 0.140. The second kappa shape index (κ2) is 7.58. The molecule has 0 unspecified atom stereocenters. The lowest BCUT2D eigenvalue weighted by atomic mass is 10.2. The summed E-state index contributed by atoms with van der Waals surface area (Å²) in [5.41, 5.74) is 1.43. The predicted octanol–water partition coefficient (Wildman–Crippen LogP) is 4.98. The van der Waals surface area contributed by atoms with Crippen LogP contribution in [0.1, 0.15) is 19.4 Å². The third-order valence-electron chi connectivity index (χ3n) is 3.11. The number of carbonyl (C=O) groups excluding carboxylic acids is 1. The molecule has 0 saturated heterocycles. The SMILES string of the molecule is CC(C)N(C(=O)OCc1ccccc1)c1cccc(F)c1I. The highest BCUT2D eigenvalue weighted by atomic mass is 127. The van der Waals surface area contributed by atoms with Crippen molar-refractivity contribution in [2.45, 2.75) is 26.5 Å². The van der Waals surface area contributed by atoms with Gasteiger partial charge in [-0.25, -0.2) is 9.18 Å². The van der Waals surface area contributed by atoms with E-state index < -0.39 is 6.09 Å². The van der Waals surface area contributed by atoms with Gasteiger partial charge in [0.1, 0.15) is 12.4 Å². The van der Waals surface area contributed by atoms with Gasteiger partial charge in [-0.1, -0.05) is 36.4 Å². The molecule has 1 amide bonds. The van der Waals surface area contributed by atoms with E-state index in [0.29, 0.717) is 9.26 Å². The van der Waals surface area contributed by atoms with E-state index in [9.17, 15) is 9.18 Å². The van der Waals surface area contributed by atoms with E-state index >= 15 is 0 Å². The predicted molar refractivity (Wildman–Crippen MR) is 93.4 cm³/mol. The molecule has 2 aromatic rings. The van der Waals surface area contributed by atoms with Gasteiger partial charge in [-0.15, -0.1) is 0 Å². The Labute approximate surface area is 143 Å². The third-order valence-corrected chi connectivity index (χ3v) is 4.18. The van der Waals surface area contributed by atoms with Crippen LogP contribution in [0.3, 0.4) is 0 Å². The van der Waals surface area contributed by atoms with Crippen LogP contribution in [0.5, 0.6) is 0 Å². The summed E-state index contributed by atoms with van der Waals surface area (Å²) in [6.07, 6.45) is -0.484. The lowest BCUT2D eigenvalue weighted by Crippen LogP contribution is -2.38. The zero-order chi connectivity index (χ0) is 16.1. The molecule has 0 N–H and O–H groups in total. The fraction of sp³-hybridized carbons (Fsp3) is 0.235. The Morgan fingerprint density at radius 2 is 1.86 bits per heavy atom. The molecule has 0 aliphatic heterocycles. The van der Waals surface area contributed by atoms with Gasteiger partial charge in [-0.3, -0.25) is 4.90 Å². The summed E-state index contributed by atoms with van der Waals surface area (Å²) >= 11 is 1.90. The fourth-order valence-electron chi connectivity index (χ4n) is 2.05. The number of rotatable bonds is 4. The molecule has 0 aromatic heterocycles. The number of ether oxygens (including phenoxy) is 1. The molecule has 0 aliphatic rings. The highest BCUT2D eigenvalue weighted by Crippen LogP contribution is 2.27. The summed E-state index contributed by atoms with van der Waals surface area (Å²) in [6, 6.07) is 14.0. The number of hydrogen-bond acceptors (Lipinski definition) is 2. The Morgan fingerprint density at radius 3 is 2.50 bits per heavy atom. The molecule has 22 heavy (non-hydrogen) atoms. The molecule has 0 bridgehead atoms. The Bertz CT molecular complexity index is 646. The number of carbonyl (C=O) groups is 1. The van der Waals surface area contributed by atoms with Crippen LogP contribution in [0.2, 0.25) is 0 Å². The van der Waals surface area contributed by atoms with Crippen LogP contribution in [0.25, 0.3) is 0 Å². The molecule has 0 fully saturated rings. The quantitative estimate of drug-likeness (QED) is 0.662. The monoisotopic (exact) mass is 413 g/mol. The highest BCUT2D eigenvalue weighted by molar-refractivity contribution is 14.1. The largest absolute Gasteiger partial charge is 0.444 e. The smallest absolute Gasteiger partial charge is 0.414 e. The van der Waals surface area contributed by atoms with Crippen molar-refractivity contribution in [2.75, 3.05) is 4.90 Å². The molecule has 0 aliphatic carbocycles. The van der Waals surface area contributed by atoms with E-state index in [-0.39, 0.29) is 18.5 Å². The average molecular weight is 413 g/mol. The Balaban J connectivity index is 2.17. The zero-order valence-electron chi connectivity index (χ0n) is 12.4. The first-order valence-corrected chi connectivity index (χ1v) is 8.02. The Hall–Kier alpha value is -1.63. The van der Waals surface area contributed by atoms with Crippen LogP contribution < -0.4 is 4.90 Å². The highest BCUT2D eigenvalue weighted by Gasteiger charge is 2.23. The summed E-state index contributed by atoms with van der Waals surface area (Å²) in [5, 5.41) is 0. The number of anilines is 1. The molecule has 0 radical (unpaired) electrons. The average Bonchev–Trinajstić information content (AvgIpc) is 2.50. The molecule has 2 aromatic carbocycles. The van der Waals surface area contributed by atoms with Gasteiger partial charge in [0.15, 0.2) is 0 Å². The first kappa shape index (κ1) is 16.7. The second-order valence-electron chi connectivity index (χ2n) is 5.08. The number of hydrogen-bond donors (Lipinski definition) is 0. The summed E-state index contributed by atoms with van der Waals surface area (Å²) in [4.78, 5) is 13.9.